The van der Waals surface area contributed by atoms with Crippen LogP contribution in [-0.4, -0.2) is 29.6 Å². The fourth-order valence-corrected chi connectivity index (χ4v) is 2.09. The van der Waals surface area contributed by atoms with Crippen LogP contribution in [0.1, 0.15) is 30.6 Å². The highest BCUT2D eigenvalue weighted by molar-refractivity contribution is 6.01. The summed E-state index contributed by atoms with van der Waals surface area (Å²) in [4.78, 5) is 23.9. The third kappa shape index (κ3) is 3.36. The van der Waals surface area contributed by atoms with Crippen molar-refractivity contribution in [3.63, 3.8) is 0 Å². The van der Waals surface area contributed by atoms with Gasteiger partial charge in [0, 0.05) is 11.9 Å². The molecule has 0 aromatic heterocycles. The lowest BCUT2D eigenvalue weighted by Crippen LogP contribution is -2.36. The van der Waals surface area contributed by atoms with Crippen molar-refractivity contribution in [2.75, 3.05) is 6.54 Å². The van der Waals surface area contributed by atoms with Gasteiger partial charge in [-0.3, -0.25) is 4.79 Å². The fraction of sp³-hybridized carbons (Fsp3) is 0.294. The minimum Gasteiger partial charge on any atom is -0.506 e. The van der Waals surface area contributed by atoms with E-state index in [0.717, 1.165) is 11.8 Å². The van der Waals surface area contributed by atoms with E-state index in [1.165, 1.54) is 13.0 Å². The standard InChI is InChI=1S/C17H19NO4/c1-3-10-18-16(20)11(2)22-17(21)14-9-8-12-6-4-5-7-13(12)15(14)19/h4-9,11,19H,3,10H2,1-2H3,(H,18,20)/t11-/m0/s1. The summed E-state index contributed by atoms with van der Waals surface area (Å²) in [5, 5.41) is 14.3. The predicted molar refractivity (Wildman–Crippen MR) is 83.8 cm³/mol. The Morgan fingerprint density at radius 3 is 2.68 bits per heavy atom. The van der Waals surface area contributed by atoms with Crippen molar-refractivity contribution < 1.29 is 19.4 Å². The van der Waals surface area contributed by atoms with Crippen LogP contribution in [-0.2, 0) is 9.53 Å². The summed E-state index contributed by atoms with van der Waals surface area (Å²) in [7, 11) is 0. The van der Waals surface area contributed by atoms with Crippen LogP contribution in [0.25, 0.3) is 10.8 Å². The Bertz CT molecular complexity index is 696. The van der Waals surface area contributed by atoms with Crippen molar-refractivity contribution >= 4 is 22.6 Å². The van der Waals surface area contributed by atoms with Gasteiger partial charge >= 0.3 is 5.97 Å². The second kappa shape index (κ2) is 6.93. The number of phenols is 1. The SMILES string of the molecule is CCCNC(=O)[C@H](C)OC(=O)c1ccc2ccccc2c1O. The predicted octanol–water partition coefficient (Wildman–Crippen LogP) is 2.62. The Morgan fingerprint density at radius 1 is 1.23 bits per heavy atom. The lowest BCUT2D eigenvalue weighted by Gasteiger charge is -2.14. The molecule has 2 aromatic rings. The number of fused-ring (bicyclic) bond motifs is 1. The van der Waals surface area contributed by atoms with E-state index in [4.69, 9.17) is 4.74 Å². The Hall–Kier alpha value is -2.56. The number of nitrogens with one attached hydrogen (secondary N) is 1. The first kappa shape index (κ1) is 15.8. The summed E-state index contributed by atoms with van der Waals surface area (Å²) in [6, 6.07) is 10.4. The number of rotatable bonds is 5. The van der Waals surface area contributed by atoms with E-state index in [-0.39, 0.29) is 17.2 Å². The first-order chi connectivity index (χ1) is 10.5. The van der Waals surface area contributed by atoms with E-state index < -0.39 is 12.1 Å². The molecule has 0 saturated carbocycles. The number of hydrogen-bond acceptors (Lipinski definition) is 4. The molecule has 0 bridgehead atoms. The number of aromatic hydroxyl groups is 1. The van der Waals surface area contributed by atoms with Crippen molar-refractivity contribution in [2.24, 2.45) is 0 Å². The molecule has 2 rings (SSSR count). The minimum absolute atomic E-state index is 0.0499. The second-order valence-electron chi connectivity index (χ2n) is 5.02. The summed E-state index contributed by atoms with van der Waals surface area (Å²) in [6.45, 7) is 3.97. The number of benzene rings is 2. The highest BCUT2D eigenvalue weighted by Gasteiger charge is 2.21. The molecule has 0 unspecified atom stereocenters. The number of ether oxygens (including phenoxy) is 1. The molecule has 1 atom stereocenters. The van der Waals surface area contributed by atoms with Gasteiger partial charge in [-0.2, -0.15) is 0 Å². The van der Waals surface area contributed by atoms with Gasteiger partial charge in [0.05, 0.1) is 0 Å². The highest BCUT2D eigenvalue weighted by atomic mass is 16.5. The lowest BCUT2D eigenvalue weighted by molar-refractivity contribution is -0.129. The molecule has 0 saturated heterocycles. The zero-order chi connectivity index (χ0) is 16.1. The maximum atomic E-state index is 12.1. The van der Waals surface area contributed by atoms with E-state index in [9.17, 15) is 14.7 Å². The number of esters is 1. The largest absolute Gasteiger partial charge is 0.506 e. The van der Waals surface area contributed by atoms with Crippen LogP contribution >= 0.6 is 0 Å². The third-order valence-corrected chi connectivity index (χ3v) is 3.32. The maximum Gasteiger partial charge on any atom is 0.342 e. The molecule has 2 aromatic carbocycles. The maximum absolute atomic E-state index is 12.1. The van der Waals surface area contributed by atoms with Crippen molar-refractivity contribution in [1.82, 2.24) is 5.32 Å². The molecule has 116 valence electrons. The summed E-state index contributed by atoms with van der Waals surface area (Å²) in [6.07, 6.45) is -0.109. The molecule has 5 heteroatoms. The van der Waals surface area contributed by atoms with Gasteiger partial charge in [-0.15, -0.1) is 0 Å². The molecular weight excluding hydrogens is 282 g/mol. The molecule has 0 spiro atoms. The summed E-state index contributed by atoms with van der Waals surface area (Å²) < 4.78 is 5.11. The smallest absolute Gasteiger partial charge is 0.342 e. The van der Waals surface area contributed by atoms with E-state index in [1.54, 1.807) is 18.2 Å². The fourth-order valence-electron chi connectivity index (χ4n) is 2.09. The average molecular weight is 301 g/mol. The Labute approximate surface area is 128 Å². The molecule has 0 heterocycles. The van der Waals surface area contributed by atoms with Crippen LogP contribution in [0.2, 0.25) is 0 Å². The molecule has 2 N–H and O–H groups in total. The normalized spacial score (nSPS) is 11.9. The molecule has 0 radical (unpaired) electrons. The molecule has 0 aliphatic heterocycles. The topological polar surface area (TPSA) is 75.6 Å². The van der Waals surface area contributed by atoms with Gasteiger partial charge < -0.3 is 15.2 Å². The number of phenolic OH excluding ortho intramolecular Hbond substituents is 1. The molecule has 22 heavy (non-hydrogen) atoms. The van der Waals surface area contributed by atoms with Crippen LogP contribution in [0.3, 0.4) is 0 Å². The monoisotopic (exact) mass is 301 g/mol. The molecule has 0 fully saturated rings. The van der Waals surface area contributed by atoms with Crippen molar-refractivity contribution in [3.8, 4) is 5.75 Å². The van der Waals surface area contributed by atoms with Crippen LogP contribution in [0.5, 0.6) is 5.75 Å². The quantitative estimate of drug-likeness (QED) is 0.832. The van der Waals surface area contributed by atoms with Crippen molar-refractivity contribution in [3.05, 3.63) is 42.0 Å². The van der Waals surface area contributed by atoms with E-state index in [2.05, 4.69) is 5.32 Å². The van der Waals surface area contributed by atoms with Crippen LogP contribution < -0.4 is 5.32 Å². The third-order valence-electron chi connectivity index (χ3n) is 3.32. The van der Waals surface area contributed by atoms with Gasteiger partial charge in [0.1, 0.15) is 11.3 Å². The molecule has 1 amide bonds. The van der Waals surface area contributed by atoms with Crippen molar-refractivity contribution in [1.29, 1.82) is 0 Å². The Morgan fingerprint density at radius 2 is 1.95 bits per heavy atom. The Kier molecular flexibility index (Phi) is 4.99. The number of hydrogen-bond donors (Lipinski definition) is 2. The molecule has 0 aliphatic rings. The zero-order valence-corrected chi connectivity index (χ0v) is 12.6. The number of amides is 1. The van der Waals surface area contributed by atoms with E-state index >= 15 is 0 Å². The van der Waals surface area contributed by atoms with Crippen molar-refractivity contribution in [2.45, 2.75) is 26.4 Å². The van der Waals surface area contributed by atoms with Gasteiger partial charge in [-0.25, -0.2) is 4.79 Å². The van der Waals surface area contributed by atoms with Crippen LogP contribution in [0.4, 0.5) is 0 Å². The van der Waals surface area contributed by atoms with Gasteiger partial charge in [-0.1, -0.05) is 37.3 Å². The number of carbonyl (C=O) groups excluding carboxylic acids is 2. The summed E-state index contributed by atoms with van der Waals surface area (Å²) in [5.41, 5.74) is 0.0499. The minimum atomic E-state index is -0.912. The van der Waals surface area contributed by atoms with E-state index in [1.807, 2.05) is 19.1 Å². The van der Waals surface area contributed by atoms with Crippen LogP contribution in [0, 0.1) is 0 Å². The Balaban J connectivity index is 2.16. The average Bonchev–Trinajstić information content (AvgIpc) is 2.52. The van der Waals surface area contributed by atoms with Gasteiger partial charge in [0.25, 0.3) is 5.91 Å². The summed E-state index contributed by atoms with van der Waals surface area (Å²) >= 11 is 0. The lowest BCUT2D eigenvalue weighted by atomic mass is 10.1. The first-order valence-electron chi connectivity index (χ1n) is 7.24. The molecule has 0 aliphatic carbocycles. The second-order valence-corrected chi connectivity index (χ2v) is 5.02. The summed E-state index contributed by atoms with van der Waals surface area (Å²) in [5.74, 6) is -1.21. The van der Waals surface area contributed by atoms with Gasteiger partial charge in [0.15, 0.2) is 6.10 Å². The first-order valence-corrected chi connectivity index (χ1v) is 7.24. The zero-order valence-electron chi connectivity index (χ0n) is 12.6. The highest BCUT2D eigenvalue weighted by Crippen LogP contribution is 2.29. The van der Waals surface area contributed by atoms with E-state index in [0.29, 0.717) is 11.9 Å². The van der Waals surface area contributed by atoms with Crippen LogP contribution in [0.15, 0.2) is 36.4 Å². The molecule has 5 nitrogen and oxygen atoms in total. The van der Waals surface area contributed by atoms with Gasteiger partial charge in [0.2, 0.25) is 0 Å². The van der Waals surface area contributed by atoms with Gasteiger partial charge in [-0.05, 0) is 24.8 Å². The molecular formula is C17H19NO4. The number of carbonyl (C=O) groups is 2.